The molecule has 0 spiro atoms. The standard InChI is InChI=1S/C13H16Br2N2O/c1-13(2)8-16-5-6-17(13)12(18)10-4-3-9(14)7-11(10)15/h3-4,7,16H,5-6,8H2,1-2H3. The first-order valence-corrected chi connectivity index (χ1v) is 7.48. The number of nitrogens with zero attached hydrogens (tertiary/aromatic N) is 1. The van der Waals surface area contributed by atoms with Gasteiger partial charge < -0.3 is 10.2 Å². The molecule has 5 heteroatoms. The molecule has 0 aromatic heterocycles. The first-order valence-electron chi connectivity index (χ1n) is 5.89. The van der Waals surface area contributed by atoms with Crippen LogP contribution in [0.4, 0.5) is 0 Å². The fraction of sp³-hybridized carbons (Fsp3) is 0.462. The summed E-state index contributed by atoms with van der Waals surface area (Å²) >= 11 is 6.86. The molecule has 0 atom stereocenters. The summed E-state index contributed by atoms with van der Waals surface area (Å²) in [6.07, 6.45) is 0. The zero-order chi connectivity index (χ0) is 13.3. The molecule has 1 aliphatic heterocycles. The summed E-state index contributed by atoms with van der Waals surface area (Å²) in [5.74, 6) is 0.0841. The summed E-state index contributed by atoms with van der Waals surface area (Å²) in [6.45, 7) is 6.60. The number of carbonyl (C=O) groups is 1. The Morgan fingerprint density at radius 2 is 2.11 bits per heavy atom. The lowest BCUT2D eigenvalue weighted by Crippen LogP contribution is -2.59. The van der Waals surface area contributed by atoms with Crippen molar-refractivity contribution in [2.45, 2.75) is 19.4 Å². The van der Waals surface area contributed by atoms with Crippen LogP contribution in [0.3, 0.4) is 0 Å². The van der Waals surface area contributed by atoms with Crippen LogP contribution in [0.5, 0.6) is 0 Å². The minimum Gasteiger partial charge on any atom is -0.331 e. The summed E-state index contributed by atoms with van der Waals surface area (Å²) < 4.78 is 1.79. The van der Waals surface area contributed by atoms with Gasteiger partial charge in [0.1, 0.15) is 0 Å². The number of nitrogens with one attached hydrogen (secondary N) is 1. The van der Waals surface area contributed by atoms with Gasteiger partial charge in [-0.05, 0) is 48.0 Å². The molecular weight excluding hydrogens is 360 g/mol. The Kier molecular flexibility index (Phi) is 4.14. The first-order chi connectivity index (χ1) is 8.42. The molecule has 0 unspecified atom stereocenters. The second-order valence-corrected chi connectivity index (χ2v) is 6.84. The van der Waals surface area contributed by atoms with Crippen molar-refractivity contribution in [2.24, 2.45) is 0 Å². The topological polar surface area (TPSA) is 32.3 Å². The zero-order valence-electron chi connectivity index (χ0n) is 10.5. The molecule has 0 bridgehead atoms. The van der Waals surface area contributed by atoms with Gasteiger partial charge in [-0.3, -0.25) is 4.79 Å². The maximum atomic E-state index is 12.6. The average molecular weight is 376 g/mol. The van der Waals surface area contributed by atoms with E-state index in [1.807, 2.05) is 23.1 Å². The summed E-state index contributed by atoms with van der Waals surface area (Å²) in [7, 11) is 0. The van der Waals surface area contributed by atoms with E-state index in [1.54, 1.807) is 0 Å². The van der Waals surface area contributed by atoms with E-state index in [9.17, 15) is 4.79 Å². The maximum Gasteiger partial charge on any atom is 0.255 e. The van der Waals surface area contributed by atoms with Crippen molar-refractivity contribution in [3.05, 3.63) is 32.7 Å². The highest BCUT2D eigenvalue weighted by atomic mass is 79.9. The lowest BCUT2D eigenvalue weighted by atomic mass is 9.99. The van der Waals surface area contributed by atoms with Gasteiger partial charge in [-0.25, -0.2) is 0 Å². The molecule has 0 aliphatic carbocycles. The molecule has 1 aliphatic rings. The van der Waals surface area contributed by atoms with Crippen LogP contribution in [0.1, 0.15) is 24.2 Å². The van der Waals surface area contributed by atoms with E-state index in [4.69, 9.17) is 0 Å². The smallest absolute Gasteiger partial charge is 0.255 e. The van der Waals surface area contributed by atoms with Crippen LogP contribution in [0.25, 0.3) is 0 Å². The summed E-state index contributed by atoms with van der Waals surface area (Å²) in [4.78, 5) is 14.5. The predicted molar refractivity (Wildman–Crippen MR) is 79.8 cm³/mol. The summed E-state index contributed by atoms with van der Waals surface area (Å²) in [5.41, 5.74) is 0.565. The van der Waals surface area contributed by atoms with Crippen LogP contribution in [0, 0.1) is 0 Å². The molecule has 1 saturated heterocycles. The maximum absolute atomic E-state index is 12.6. The minimum absolute atomic E-state index is 0.0841. The number of amides is 1. The Morgan fingerprint density at radius 3 is 2.72 bits per heavy atom. The van der Waals surface area contributed by atoms with Crippen molar-refractivity contribution in [1.29, 1.82) is 0 Å². The van der Waals surface area contributed by atoms with Gasteiger partial charge in [0.15, 0.2) is 0 Å². The Balaban J connectivity index is 2.30. The van der Waals surface area contributed by atoms with Gasteiger partial charge in [0.05, 0.1) is 11.1 Å². The fourth-order valence-electron chi connectivity index (χ4n) is 2.17. The van der Waals surface area contributed by atoms with E-state index in [1.165, 1.54) is 0 Å². The number of hydrogen-bond donors (Lipinski definition) is 1. The molecule has 18 heavy (non-hydrogen) atoms. The molecule has 1 aromatic rings. The van der Waals surface area contributed by atoms with Gasteiger partial charge in [0.25, 0.3) is 5.91 Å². The third kappa shape index (κ3) is 2.78. The van der Waals surface area contributed by atoms with Crippen LogP contribution in [-0.4, -0.2) is 36.0 Å². The largest absolute Gasteiger partial charge is 0.331 e. The van der Waals surface area contributed by atoms with Crippen molar-refractivity contribution in [3.63, 3.8) is 0 Å². The van der Waals surface area contributed by atoms with Gasteiger partial charge in [-0.2, -0.15) is 0 Å². The van der Waals surface area contributed by atoms with Crippen molar-refractivity contribution < 1.29 is 4.79 Å². The fourth-order valence-corrected chi connectivity index (χ4v) is 3.38. The molecule has 0 saturated carbocycles. The SMILES string of the molecule is CC1(C)CNCCN1C(=O)c1ccc(Br)cc1Br. The zero-order valence-corrected chi connectivity index (χ0v) is 13.6. The molecule has 1 N–H and O–H groups in total. The number of halogens is 2. The van der Waals surface area contributed by atoms with Crippen molar-refractivity contribution >= 4 is 37.8 Å². The van der Waals surface area contributed by atoms with E-state index in [2.05, 4.69) is 51.0 Å². The van der Waals surface area contributed by atoms with Crippen molar-refractivity contribution in [1.82, 2.24) is 10.2 Å². The van der Waals surface area contributed by atoms with Crippen LogP contribution in [-0.2, 0) is 0 Å². The number of rotatable bonds is 1. The summed E-state index contributed by atoms with van der Waals surface area (Å²) in [6, 6.07) is 5.66. The normalized spacial score (nSPS) is 18.8. The molecule has 3 nitrogen and oxygen atoms in total. The molecule has 0 radical (unpaired) electrons. The number of benzene rings is 1. The van der Waals surface area contributed by atoms with Crippen molar-refractivity contribution in [3.8, 4) is 0 Å². The van der Waals surface area contributed by atoms with E-state index in [0.717, 1.165) is 28.6 Å². The second-order valence-electron chi connectivity index (χ2n) is 5.07. The molecule has 1 fully saturated rings. The quantitative estimate of drug-likeness (QED) is 0.818. The molecule has 1 amide bonds. The molecule has 1 aromatic carbocycles. The molecule has 98 valence electrons. The lowest BCUT2D eigenvalue weighted by Gasteiger charge is -2.43. The summed E-state index contributed by atoms with van der Waals surface area (Å²) in [5, 5.41) is 3.32. The number of piperazine rings is 1. The second kappa shape index (κ2) is 5.31. The Morgan fingerprint density at radius 1 is 1.39 bits per heavy atom. The van der Waals surface area contributed by atoms with E-state index < -0.39 is 0 Å². The first kappa shape index (κ1) is 14.0. The average Bonchev–Trinajstić information content (AvgIpc) is 2.27. The Bertz CT molecular complexity index is 474. The van der Waals surface area contributed by atoms with Gasteiger partial charge >= 0.3 is 0 Å². The lowest BCUT2D eigenvalue weighted by molar-refractivity contribution is 0.0476. The monoisotopic (exact) mass is 374 g/mol. The van der Waals surface area contributed by atoms with Crippen LogP contribution < -0.4 is 5.32 Å². The molecular formula is C13H16Br2N2O. The highest BCUT2D eigenvalue weighted by molar-refractivity contribution is 9.11. The van der Waals surface area contributed by atoms with Crippen LogP contribution in [0.2, 0.25) is 0 Å². The third-order valence-electron chi connectivity index (χ3n) is 3.21. The van der Waals surface area contributed by atoms with E-state index >= 15 is 0 Å². The van der Waals surface area contributed by atoms with Gasteiger partial charge in [-0.1, -0.05) is 15.9 Å². The minimum atomic E-state index is -0.151. The number of carbonyl (C=O) groups excluding carboxylic acids is 1. The van der Waals surface area contributed by atoms with Crippen LogP contribution in [0.15, 0.2) is 27.1 Å². The highest BCUT2D eigenvalue weighted by Gasteiger charge is 2.34. The van der Waals surface area contributed by atoms with E-state index in [-0.39, 0.29) is 11.4 Å². The molecule has 2 rings (SSSR count). The van der Waals surface area contributed by atoms with Gasteiger partial charge in [-0.15, -0.1) is 0 Å². The highest BCUT2D eigenvalue weighted by Crippen LogP contribution is 2.26. The third-order valence-corrected chi connectivity index (χ3v) is 4.36. The van der Waals surface area contributed by atoms with Crippen LogP contribution >= 0.6 is 31.9 Å². The predicted octanol–water partition coefficient (Wildman–Crippen LogP) is 3.04. The molecule has 1 heterocycles. The Hall–Kier alpha value is -0.390. The van der Waals surface area contributed by atoms with Gasteiger partial charge in [0.2, 0.25) is 0 Å². The Labute approximate surface area is 124 Å². The van der Waals surface area contributed by atoms with Gasteiger partial charge in [0, 0.05) is 28.6 Å². The van der Waals surface area contributed by atoms with E-state index in [0.29, 0.717) is 5.56 Å². The number of hydrogen-bond acceptors (Lipinski definition) is 2. The van der Waals surface area contributed by atoms with Crippen molar-refractivity contribution in [2.75, 3.05) is 19.6 Å².